The van der Waals surface area contributed by atoms with E-state index in [1.165, 1.54) is 6.07 Å². The monoisotopic (exact) mass is 514 g/mol. The number of nitrogens with zero attached hydrogens (tertiary/aromatic N) is 1. The summed E-state index contributed by atoms with van der Waals surface area (Å²) in [5.41, 5.74) is 0.578. The molecule has 0 aliphatic heterocycles. The maximum Gasteiger partial charge on any atom is 0.394 e. The summed E-state index contributed by atoms with van der Waals surface area (Å²) >= 11 is 0. The summed E-state index contributed by atoms with van der Waals surface area (Å²) in [6.07, 6.45) is -0.311. The molecule has 3 unspecified atom stereocenters. The van der Waals surface area contributed by atoms with Crippen LogP contribution in [-0.2, 0) is 31.2 Å². The average Bonchev–Trinajstić information content (AvgIpc) is 2.69. The summed E-state index contributed by atoms with van der Waals surface area (Å²) in [5, 5.41) is 53.6. The van der Waals surface area contributed by atoms with Crippen molar-refractivity contribution in [2.45, 2.75) is 24.9 Å². The van der Waals surface area contributed by atoms with Gasteiger partial charge in [0.2, 0.25) is 11.5 Å². The van der Waals surface area contributed by atoms with Gasteiger partial charge in [-0.05, 0) is 24.3 Å². The van der Waals surface area contributed by atoms with Crippen LogP contribution >= 0.6 is 0 Å². The van der Waals surface area contributed by atoms with Crippen molar-refractivity contribution >= 4 is 39.3 Å². The minimum Gasteiger partial charge on any atom is -0.508 e. The molecule has 16 heteroatoms. The van der Waals surface area contributed by atoms with Gasteiger partial charge in [0.25, 0.3) is 5.91 Å². The van der Waals surface area contributed by atoms with E-state index in [0.29, 0.717) is 5.56 Å². The fourth-order valence-electron chi connectivity index (χ4n) is 4.73. The van der Waals surface area contributed by atoms with Crippen LogP contribution in [0.3, 0.4) is 0 Å². The molecule has 3 aliphatic rings. The first-order valence-electron chi connectivity index (χ1n) is 9.66. The van der Waals surface area contributed by atoms with E-state index >= 15 is 0 Å². The molecule has 1 aromatic carbocycles. The number of hydrogen-bond acceptors (Lipinski definition) is 11. The number of benzene rings is 1. The van der Waals surface area contributed by atoms with Gasteiger partial charge in [-0.3, -0.25) is 33.6 Å². The highest BCUT2D eigenvalue weighted by Gasteiger charge is 2.60. The lowest BCUT2D eigenvalue weighted by Gasteiger charge is -2.45. The predicted molar refractivity (Wildman–Crippen MR) is 112 cm³/mol. The number of nitro benzene ring substituents is 1. The van der Waals surface area contributed by atoms with Crippen LogP contribution in [-0.4, -0.2) is 65.9 Å². The highest BCUT2D eigenvalue weighted by Crippen LogP contribution is 2.52. The Morgan fingerprint density at radius 1 is 1.14 bits per heavy atom. The third kappa shape index (κ3) is 4.23. The van der Waals surface area contributed by atoms with Gasteiger partial charge in [-0.1, -0.05) is 6.07 Å². The Bertz CT molecular complexity index is 1350. The summed E-state index contributed by atoms with van der Waals surface area (Å²) < 4.78 is 31.6. The van der Waals surface area contributed by atoms with E-state index in [1.807, 2.05) is 0 Å². The van der Waals surface area contributed by atoms with Gasteiger partial charge in [0.15, 0.2) is 11.4 Å². The van der Waals surface area contributed by atoms with Crippen LogP contribution < -0.4 is 5.73 Å². The number of ketones is 2. The van der Waals surface area contributed by atoms with Crippen molar-refractivity contribution in [3.8, 4) is 5.75 Å². The molecule has 188 valence electrons. The van der Waals surface area contributed by atoms with E-state index in [1.54, 1.807) is 0 Å². The molecule has 0 radical (unpaired) electrons. The number of rotatable bonds is 2. The molecule has 3 aliphatic carbocycles. The lowest BCUT2D eigenvalue weighted by Crippen LogP contribution is -2.58. The van der Waals surface area contributed by atoms with Crippen LogP contribution in [0.4, 0.5) is 5.69 Å². The van der Waals surface area contributed by atoms with Gasteiger partial charge < -0.3 is 26.2 Å². The Labute approximate surface area is 195 Å². The van der Waals surface area contributed by atoms with Crippen molar-refractivity contribution in [3.05, 3.63) is 50.3 Å². The van der Waals surface area contributed by atoms with E-state index < -0.39 is 85.2 Å². The molecule has 4 rings (SSSR count). The quantitative estimate of drug-likeness (QED) is 0.115. The lowest BCUT2D eigenvalue weighted by molar-refractivity contribution is -0.385. The number of phenolic OH excluding ortho intramolecular Hbond substituents is 1. The standard InChI is InChI=1S/C19H16N2O9.H2O4S/c20-18(27)13-10(22)5-8-4-7-3-6-1-2-9(21(29)30)14(23)11(6)15(24)12(7)16(25)19(8,28)17(13)26;1-5(2,3)4/h1-2,7-8,23-24,26,28H,3-5H2,(H2,20,27);(H2,1,2,3,4). The van der Waals surface area contributed by atoms with Crippen LogP contribution in [0.2, 0.25) is 0 Å². The number of Topliss-reactive ketones (excluding diaryl/α,β-unsaturated/α-hetero) is 2. The Hall–Kier alpha value is -3.86. The molecule has 8 N–H and O–H groups in total. The third-order valence-corrected chi connectivity index (χ3v) is 6.11. The van der Waals surface area contributed by atoms with Crippen molar-refractivity contribution in [2.24, 2.45) is 17.6 Å². The van der Waals surface area contributed by atoms with Crippen molar-refractivity contribution < 1.29 is 57.3 Å². The van der Waals surface area contributed by atoms with Gasteiger partial charge in [-0.2, -0.15) is 8.42 Å². The number of carbonyl (C=O) groups is 3. The molecule has 35 heavy (non-hydrogen) atoms. The van der Waals surface area contributed by atoms with Crippen molar-refractivity contribution in [2.75, 3.05) is 0 Å². The molecule has 0 aromatic heterocycles. The van der Waals surface area contributed by atoms with Gasteiger partial charge in [-0.15, -0.1) is 0 Å². The molecule has 1 fully saturated rings. The molecule has 0 saturated heterocycles. The summed E-state index contributed by atoms with van der Waals surface area (Å²) in [6, 6.07) is 2.42. The normalized spacial score (nSPS) is 25.7. The second-order valence-corrected chi connectivity index (χ2v) is 8.97. The number of aliphatic hydroxyl groups is 3. The molecule has 0 heterocycles. The van der Waals surface area contributed by atoms with Gasteiger partial charge in [0.05, 0.1) is 10.5 Å². The second kappa shape index (κ2) is 8.42. The second-order valence-electron chi connectivity index (χ2n) is 8.08. The van der Waals surface area contributed by atoms with E-state index in [4.69, 9.17) is 23.3 Å². The number of primary amides is 1. The predicted octanol–water partition coefficient (Wildman–Crippen LogP) is -0.321. The summed E-state index contributed by atoms with van der Waals surface area (Å²) in [6.45, 7) is 0. The van der Waals surface area contributed by atoms with Crippen molar-refractivity contribution in [1.82, 2.24) is 0 Å². The van der Waals surface area contributed by atoms with Crippen molar-refractivity contribution in [1.29, 1.82) is 0 Å². The molecule has 1 saturated carbocycles. The number of aliphatic hydroxyl groups excluding tert-OH is 2. The highest BCUT2D eigenvalue weighted by atomic mass is 32.3. The highest BCUT2D eigenvalue weighted by molar-refractivity contribution is 7.79. The Balaban J connectivity index is 0.000000623. The van der Waals surface area contributed by atoms with Gasteiger partial charge in [-0.25, -0.2) is 0 Å². The number of nitro groups is 1. The zero-order chi connectivity index (χ0) is 26.6. The summed E-state index contributed by atoms with van der Waals surface area (Å²) in [7, 11) is -4.67. The van der Waals surface area contributed by atoms with Crippen LogP contribution in [0.1, 0.15) is 24.0 Å². The number of aromatic hydroxyl groups is 1. The van der Waals surface area contributed by atoms with E-state index in [2.05, 4.69) is 0 Å². The number of fused-ring (bicyclic) bond motifs is 3. The fraction of sp³-hybridized carbons (Fsp3) is 0.316. The first kappa shape index (κ1) is 25.8. The molecule has 3 atom stereocenters. The molecule has 0 spiro atoms. The van der Waals surface area contributed by atoms with E-state index in [0.717, 1.165) is 6.07 Å². The number of carbonyl (C=O) groups excluding carboxylic acids is 3. The topological polar surface area (TPSA) is 276 Å². The van der Waals surface area contributed by atoms with Gasteiger partial charge in [0, 0.05) is 24.0 Å². The van der Waals surface area contributed by atoms with E-state index in [9.17, 15) is 44.9 Å². The van der Waals surface area contributed by atoms with Crippen molar-refractivity contribution in [3.63, 3.8) is 0 Å². The average molecular weight is 514 g/mol. The number of nitrogens with two attached hydrogens (primary N) is 1. The first-order valence-corrected chi connectivity index (χ1v) is 11.1. The molecule has 15 nitrogen and oxygen atoms in total. The lowest BCUT2D eigenvalue weighted by atomic mass is 9.59. The molecule has 0 bridgehead atoms. The molecule has 1 aromatic rings. The number of hydrogen-bond donors (Lipinski definition) is 7. The minimum atomic E-state index is -4.67. The van der Waals surface area contributed by atoms with Crippen LogP contribution in [0.15, 0.2) is 29.0 Å². The number of amides is 1. The zero-order valence-corrected chi connectivity index (χ0v) is 18.2. The number of phenols is 1. The van der Waals surface area contributed by atoms with Gasteiger partial charge in [0.1, 0.15) is 17.1 Å². The SMILES string of the molecule is NC(=O)C1=C(O)C2(O)C(=O)C3=C(O)c4c(ccc([N+](=O)[O-])c4O)CC3CC2CC1=O.O=S(=O)(O)O. The first-order chi connectivity index (χ1) is 16.0. The Morgan fingerprint density at radius 2 is 1.71 bits per heavy atom. The van der Waals surface area contributed by atoms with Crippen LogP contribution in [0.25, 0.3) is 5.76 Å². The fourth-order valence-corrected chi connectivity index (χ4v) is 4.73. The summed E-state index contributed by atoms with van der Waals surface area (Å²) in [5.74, 6) is -7.76. The Morgan fingerprint density at radius 3 is 2.23 bits per heavy atom. The third-order valence-electron chi connectivity index (χ3n) is 6.11. The van der Waals surface area contributed by atoms with Crippen LogP contribution in [0.5, 0.6) is 5.75 Å². The zero-order valence-electron chi connectivity index (χ0n) is 17.4. The smallest absolute Gasteiger partial charge is 0.394 e. The summed E-state index contributed by atoms with van der Waals surface area (Å²) in [4.78, 5) is 47.2. The largest absolute Gasteiger partial charge is 0.508 e. The Kier molecular flexibility index (Phi) is 6.19. The molecule has 1 amide bonds. The maximum absolute atomic E-state index is 13.2. The van der Waals surface area contributed by atoms with E-state index in [-0.39, 0.29) is 24.0 Å². The van der Waals surface area contributed by atoms with Crippen LogP contribution in [0, 0.1) is 22.0 Å². The minimum absolute atomic E-state index is 0.000659. The maximum atomic E-state index is 13.2. The van der Waals surface area contributed by atoms with Gasteiger partial charge >= 0.3 is 16.1 Å². The molecular formula is C19H18N2O13S. The molecular weight excluding hydrogens is 496 g/mol.